The third-order valence-electron chi connectivity index (χ3n) is 3.90. The number of para-hydroxylation sites is 1. The molecule has 0 unspecified atom stereocenters. The number of hydrogen-bond donors (Lipinski definition) is 1. The number of nitrogens with one attached hydrogen (secondary N) is 1. The molecule has 0 fully saturated rings. The van der Waals surface area contributed by atoms with E-state index in [-0.39, 0.29) is 5.91 Å². The largest absolute Gasteiger partial charge is 0.334 e. The van der Waals surface area contributed by atoms with Crippen LogP contribution in [0.15, 0.2) is 47.0 Å². The Morgan fingerprint density at radius 2 is 1.88 bits per heavy atom. The molecule has 0 aliphatic rings. The zero-order valence-electron chi connectivity index (χ0n) is 14.0. The van der Waals surface area contributed by atoms with Crippen LogP contribution in [0.4, 0.5) is 5.69 Å². The lowest BCUT2D eigenvalue weighted by atomic mass is 10.0. The molecule has 1 heterocycles. The van der Waals surface area contributed by atoms with Crippen LogP contribution in [0, 0.1) is 13.8 Å². The van der Waals surface area contributed by atoms with Crippen LogP contribution in [0.5, 0.6) is 0 Å². The monoisotopic (exact) mass is 321 g/mol. The molecular weight excluding hydrogens is 302 g/mol. The molecule has 24 heavy (non-hydrogen) atoms. The summed E-state index contributed by atoms with van der Waals surface area (Å²) in [6.07, 6.45) is 0.868. The minimum absolute atomic E-state index is 0.132. The van der Waals surface area contributed by atoms with Gasteiger partial charge in [0.15, 0.2) is 5.82 Å². The number of anilines is 1. The van der Waals surface area contributed by atoms with Gasteiger partial charge in [0.1, 0.15) is 0 Å². The highest BCUT2D eigenvalue weighted by Gasteiger charge is 2.12. The van der Waals surface area contributed by atoms with Crippen molar-refractivity contribution in [2.45, 2.75) is 27.2 Å². The van der Waals surface area contributed by atoms with Crippen molar-refractivity contribution in [3.8, 4) is 11.5 Å². The number of amides is 1. The smallest absolute Gasteiger partial charge is 0.257 e. The molecule has 122 valence electrons. The first kappa shape index (κ1) is 15.9. The maximum atomic E-state index is 12.5. The van der Waals surface area contributed by atoms with Gasteiger partial charge in [-0.2, -0.15) is 4.98 Å². The Morgan fingerprint density at radius 1 is 1.12 bits per heavy atom. The molecule has 0 aliphatic carbocycles. The van der Waals surface area contributed by atoms with Crippen molar-refractivity contribution in [2.24, 2.45) is 0 Å². The molecule has 0 atom stereocenters. The van der Waals surface area contributed by atoms with Crippen LogP contribution in [-0.4, -0.2) is 16.0 Å². The summed E-state index contributed by atoms with van der Waals surface area (Å²) in [5.41, 5.74) is 4.45. The number of aromatic nitrogens is 2. The molecule has 0 bridgehead atoms. The molecule has 5 heteroatoms. The van der Waals surface area contributed by atoms with E-state index < -0.39 is 0 Å². The van der Waals surface area contributed by atoms with Gasteiger partial charge in [0.25, 0.3) is 11.8 Å². The lowest BCUT2D eigenvalue weighted by Gasteiger charge is -2.13. The van der Waals surface area contributed by atoms with Gasteiger partial charge >= 0.3 is 0 Å². The van der Waals surface area contributed by atoms with Crippen LogP contribution in [0.3, 0.4) is 0 Å². The van der Waals surface area contributed by atoms with Crippen LogP contribution in [0.1, 0.15) is 34.2 Å². The van der Waals surface area contributed by atoms with Gasteiger partial charge in [0.05, 0.1) is 0 Å². The van der Waals surface area contributed by atoms with E-state index in [9.17, 15) is 4.79 Å². The fourth-order valence-corrected chi connectivity index (χ4v) is 2.57. The van der Waals surface area contributed by atoms with E-state index >= 15 is 0 Å². The lowest BCUT2D eigenvalue weighted by molar-refractivity contribution is 0.102. The number of benzene rings is 2. The molecule has 0 saturated carbocycles. The summed E-state index contributed by atoms with van der Waals surface area (Å²) in [5.74, 6) is 0.900. The minimum atomic E-state index is -0.132. The van der Waals surface area contributed by atoms with E-state index in [1.165, 1.54) is 0 Å². The van der Waals surface area contributed by atoms with E-state index in [1.54, 1.807) is 31.2 Å². The van der Waals surface area contributed by atoms with E-state index in [1.807, 2.05) is 25.1 Å². The van der Waals surface area contributed by atoms with Crippen LogP contribution in [0.25, 0.3) is 11.5 Å². The van der Waals surface area contributed by atoms with Crippen LogP contribution in [-0.2, 0) is 6.42 Å². The standard InChI is InChI=1S/C19H19N3O2/c1-4-14-7-5-6-12(2)17(14)21-18(23)15-8-10-16(11-9-15)19-20-13(3)22-24-19/h5-11H,4H2,1-3H3,(H,21,23). The minimum Gasteiger partial charge on any atom is -0.334 e. The number of rotatable bonds is 4. The fourth-order valence-electron chi connectivity index (χ4n) is 2.57. The Morgan fingerprint density at radius 3 is 2.50 bits per heavy atom. The van der Waals surface area contributed by atoms with Crippen molar-refractivity contribution in [1.29, 1.82) is 0 Å². The van der Waals surface area contributed by atoms with Gasteiger partial charge in [0.2, 0.25) is 0 Å². The zero-order valence-corrected chi connectivity index (χ0v) is 14.0. The molecule has 0 aliphatic heterocycles. The molecular formula is C19H19N3O2. The van der Waals surface area contributed by atoms with Crippen molar-refractivity contribution in [1.82, 2.24) is 10.1 Å². The van der Waals surface area contributed by atoms with Crippen molar-refractivity contribution < 1.29 is 9.32 Å². The summed E-state index contributed by atoms with van der Waals surface area (Å²) in [6.45, 7) is 5.84. The maximum absolute atomic E-state index is 12.5. The third-order valence-corrected chi connectivity index (χ3v) is 3.90. The van der Waals surface area contributed by atoms with Crippen molar-refractivity contribution in [3.05, 3.63) is 65.0 Å². The Bertz CT molecular complexity index is 867. The van der Waals surface area contributed by atoms with Gasteiger partial charge in [-0.05, 0) is 55.7 Å². The Hall–Kier alpha value is -2.95. The molecule has 5 nitrogen and oxygen atoms in total. The van der Waals surface area contributed by atoms with Gasteiger partial charge in [-0.15, -0.1) is 0 Å². The summed E-state index contributed by atoms with van der Waals surface area (Å²) >= 11 is 0. The molecule has 1 amide bonds. The van der Waals surface area contributed by atoms with Gasteiger partial charge in [0, 0.05) is 16.8 Å². The predicted octanol–water partition coefficient (Wildman–Crippen LogP) is 4.17. The molecule has 3 rings (SSSR count). The highest BCUT2D eigenvalue weighted by Crippen LogP contribution is 2.23. The second-order valence-corrected chi connectivity index (χ2v) is 5.64. The second kappa shape index (κ2) is 6.66. The topological polar surface area (TPSA) is 68.0 Å². The van der Waals surface area contributed by atoms with Crippen LogP contribution < -0.4 is 5.32 Å². The first-order valence-corrected chi connectivity index (χ1v) is 7.89. The highest BCUT2D eigenvalue weighted by atomic mass is 16.5. The molecule has 3 aromatic rings. The summed E-state index contributed by atoms with van der Waals surface area (Å²) in [7, 11) is 0. The average Bonchev–Trinajstić information content (AvgIpc) is 3.03. The molecule has 0 saturated heterocycles. The predicted molar refractivity (Wildman–Crippen MR) is 93.0 cm³/mol. The summed E-state index contributed by atoms with van der Waals surface area (Å²) in [6, 6.07) is 13.2. The van der Waals surface area contributed by atoms with E-state index in [0.717, 1.165) is 28.8 Å². The zero-order chi connectivity index (χ0) is 17.1. The normalized spacial score (nSPS) is 10.6. The molecule has 1 N–H and O–H groups in total. The summed E-state index contributed by atoms with van der Waals surface area (Å²) < 4.78 is 5.13. The van der Waals surface area contributed by atoms with Gasteiger partial charge < -0.3 is 9.84 Å². The van der Waals surface area contributed by atoms with Crippen molar-refractivity contribution in [2.75, 3.05) is 5.32 Å². The lowest BCUT2D eigenvalue weighted by Crippen LogP contribution is -2.14. The summed E-state index contributed by atoms with van der Waals surface area (Å²) in [4.78, 5) is 16.7. The highest BCUT2D eigenvalue weighted by molar-refractivity contribution is 6.05. The number of hydrogen-bond acceptors (Lipinski definition) is 4. The number of carbonyl (C=O) groups is 1. The molecule has 2 aromatic carbocycles. The Balaban J connectivity index is 1.81. The second-order valence-electron chi connectivity index (χ2n) is 5.64. The molecule has 0 radical (unpaired) electrons. The number of nitrogens with zero attached hydrogens (tertiary/aromatic N) is 2. The maximum Gasteiger partial charge on any atom is 0.257 e. The quantitative estimate of drug-likeness (QED) is 0.783. The SMILES string of the molecule is CCc1cccc(C)c1NC(=O)c1ccc(-c2nc(C)no2)cc1. The Labute approximate surface area is 140 Å². The summed E-state index contributed by atoms with van der Waals surface area (Å²) in [5, 5.41) is 6.79. The van der Waals surface area contributed by atoms with Crippen LogP contribution >= 0.6 is 0 Å². The first-order valence-electron chi connectivity index (χ1n) is 7.89. The van der Waals surface area contributed by atoms with E-state index in [0.29, 0.717) is 17.3 Å². The Kier molecular flexibility index (Phi) is 4.42. The molecule has 1 aromatic heterocycles. The van der Waals surface area contributed by atoms with Crippen LogP contribution in [0.2, 0.25) is 0 Å². The number of aryl methyl sites for hydroxylation is 3. The first-order chi connectivity index (χ1) is 11.6. The number of carbonyl (C=O) groups excluding carboxylic acids is 1. The van der Waals surface area contributed by atoms with Gasteiger partial charge in [-0.25, -0.2) is 0 Å². The van der Waals surface area contributed by atoms with E-state index in [2.05, 4.69) is 22.4 Å². The average molecular weight is 321 g/mol. The van der Waals surface area contributed by atoms with Crippen molar-refractivity contribution in [3.63, 3.8) is 0 Å². The third kappa shape index (κ3) is 3.20. The van der Waals surface area contributed by atoms with E-state index in [4.69, 9.17) is 4.52 Å². The van der Waals surface area contributed by atoms with Gasteiger partial charge in [-0.3, -0.25) is 4.79 Å². The fraction of sp³-hybridized carbons (Fsp3) is 0.211. The molecule has 0 spiro atoms. The van der Waals surface area contributed by atoms with Gasteiger partial charge in [-0.1, -0.05) is 30.3 Å². The van der Waals surface area contributed by atoms with Crippen molar-refractivity contribution >= 4 is 11.6 Å².